The summed E-state index contributed by atoms with van der Waals surface area (Å²) in [5, 5.41) is 10.9. The van der Waals surface area contributed by atoms with Gasteiger partial charge in [0.05, 0.1) is 6.57 Å². The maximum atomic E-state index is 12.1. The van der Waals surface area contributed by atoms with E-state index in [0.29, 0.717) is 0 Å². The van der Waals surface area contributed by atoms with E-state index in [1.165, 1.54) is 6.92 Å². The van der Waals surface area contributed by atoms with Crippen LogP contribution in [0.2, 0.25) is 0 Å². The van der Waals surface area contributed by atoms with Crippen molar-refractivity contribution < 1.29 is 24.2 Å². The third-order valence-corrected chi connectivity index (χ3v) is 3.52. The Bertz CT molecular complexity index is 893. The maximum absolute atomic E-state index is 12.1. The molecular formula is C17H16N4O5. The van der Waals surface area contributed by atoms with E-state index in [4.69, 9.17) is 16.4 Å². The van der Waals surface area contributed by atoms with Crippen molar-refractivity contribution in [3.8, 4) is 5.75 Å². The van der Waals surface area contributed by atoms with E-state index in [1.807, 2.05) is 0 Å². The molecule has 0 fully saturated rings. The highest BCUT2D eigenvalue weighted by molar-refractivity contribution is 6.51. The zero-order chi connectivity index (χ0) is 19.4. The third-order valence-electron chi connectivity index (χ3n) is 3.52. The maximum Gasteiger partial charge on any atom is 0.341 e. The fourth-order valence-corrected chi connectivity index (χ4v) is 2.19. The van der Waals surface area contributed by atoms with Crippen LogP contribution >= 0.6 is 0 Å². The molecule has 1 aromatic rings. The lowest BCUT2D eigenvalue weighted by Gasteiger charge is -2.17. The number of nitrogens with zero attached hydrogens (tertiary/aromatic N) is 3. The van der Waals surface area contributed by atoms with Gasteiger partial charge in [-0.2, -0.15) is 0 Å². The number of carboxylic acid groups (broad SMARTS) is 1. The molecule has 9 nitrogen and oxygen atoms in total. The lowest BCUT2D eigenvalue weighted by molar-refractivity contribution is -0.139. The Labute approximate surface area is 149 Å². The van der Waals surface area contributed by atoms with Crippen LogP contribution in [-0.4, -0.2) is 49.3 Å². The number of aliphatic imine (C=N–C) groups is 1. The zero-order valence-electron chi connectivity index (χ0n) is 14.4. The van der Waals surface area contributed by atoms with Crippen LogP contribution in [0.5, 0.6) is 5.75 Å². The number of hydrogen-bond acceptors (Lipinski definition) is 6. The smallest absolute Gasteiger partial charge is 0.341 e. The summed E-state index contributed by atoms with van der Waals surface area (Å²) >= 11 is 0. The molecule has 1 aliphatic heterocycles. The van der Waals surface area contributed by atoms with Crippen molar-refractivity contribution in [3.05, 3.63) is 40.9 Å². The Hall–Kier alpha value is -3.67. The normalized spacial score (nSPS) is 15.5. The summed E-state index contributed by atoms with van der Waals surface area (Å²) in [7, 11) is 3.61. The van der Waals surface area contributed by atoms with Gasteiger partial charge < -0.3 is 14.7 Å². The van der Waals surface area contributed by atoms with Crippen LogP contribution in [0.3, 0.4) is 0 Å². The molecule has 2 N–H and O–H groups in total. The molecule has 0 aromatic heterocycles. The van der Waals surface area contributed by atoms with Crippen molar-refractivity contribution in [1.29, 1.82) is 0 Å². The van der Waals surface area contributed by atoms with E-state index in [1.54, 1.807) is 37.2 Å². The number of carbonyl (C=O) groups excluding carboxylic acids is 2. The van der Waals surface area contributed by atoms with Gasteiger partial charge in [-0.05, 0) is 24.6 Å². The summed E-state index contributed by atoms with van der Waals surface area (Å²) in [6, 6.07) is 4.87. The predicted octanol–water partition coefficient (Wildman–Crippen LogP) is 1.14. The van der Waals surface area contributed by atoms with Gasteiger partial charge in [-0.15, -0.1) is 0 Å². The number of amides is 2. The molecule has 0 aliphatic carbocycles. The van der Waals surface area contributed by atoms with Crippen molar-refractivity contribution in [3.63, 3.8) is 0 Å². The zero-order valence-corrected chi connectivity index (χ0v) is 14.4. The molecular weight excluding hydrogens is 340 g/mol. The Morgan fingerprint density at radius 2 is 2.04 bits per heavy atom. The number of anilines is 1. The van der Waals surface area contributed by atoms with Crippen molar-refractivity contribution in [2.75, 3.05) is 25.6 Å². The minimum atomic E-state index is -1.16. The average molecular weight is 356 g/mol. The molecule has 1 aliphatic rings. The minimum absolute atomic E-state index is 0.103. The summed E-state index contributed by atoms with van der Waals surface area (Å²) in [6.45, 7) is 7.94. The van der Waals surface area contributed by atoms with Gasteiger partial charge in [0.2, 0.25) is 0 Å². The number of ether oxygens (including phenoxy) is 1. The Morgan fingerprint density at radius 1 is 1.35 bits per heavy atom. The molecule has 9 heteroatoms. The van der Waals surface area contributed by atoms with Crippen LogP contribution in [-0.2, 0) is 14.4 Å². The number of rotatable bonds is 5. The van der Waals surface area contributed by atoms with Crippen molar-refractivity contribution >= 4 is 34.9 Å². The van der Waals surface area contributed by atoms with E-state index >= 15 is 0 Å². The summed E-state index contributed by atoms with van der Waals surface area (Å²) in [5.41, 5.74) is 0.774. The van der Waals surface area contributed by atoms with Crippen LogP contribution in [0.25, 0.3) is 4.85 Å². The first-order chi connectivity index (χ1) is 12.2. The average Bonchev–Trinajstić information content (AvgIpc) is 2.57. The largest absolute Gasteiger partial charge is 0.480 e. The molecule has 0 unspecified atom stereocenters. The molecule has 0 saturated heterocycles. The van der Waals surface area contributed by atoms with Gasteiger partial charge in [0.15, 0.2) is 6.61 Å². The van der Waals surface area contributed by atoms with Crippen molar-refractivity contribution in [2.45, 2.75) is 6.92 Å². The van der Waals surface area contributed by atoms with Crippen LogP contribution in [0.15, 0.2) is 34.5 Å². The number of carboxylic acids is 1. The molecule has 0 radical (unpaired) electrons. The monoisotopic (exact) mass is 356 g/mol. The molecule has 134 valence electrons. The lowest BCUT2D eigenvalue weighted by atomic mass is 10.0. The van der Waals surface area contributed by atoms with Gasteiger partial charge in [0.1, 0.15) is 17.1 Å². The highest BCUT2D eigenvalue weighted by Crippen LogP contribution is 2.33. The number of aliphatic carboxylic acids is 1. The van der Waals surface area contributed by atoms with E-state index in [2.05, 4.69) is 15.2 Å². The number of nitrogens with one attached hydrogen (secondary N) is 1. The quantitative estimate of drug-likeness (QED) is 0.604. The second-order valence-electron chi connectivity index (χ2n) is 5.56. The molecule has 2 amide bonds. The second kappa shape index (κ2) is 7.48. The van der Waals surface area contributed by atoms with Gasteiger partial charge >= 0.3 is 5.97 Å². The lowest BCUT2D eigenvalue weighted by Crippen LogP contribution is -2.42. The number of hydrogen-bond donors (Lipinski definition) is 2. The molecule has 0 atom stereocenters. The number of benzene rings is 1. The minimum Gasteiger partial charge on any atom is -0.480 e. The van der Waals surface area contributed by atoms with Gasteiger partial charge in [-0.25, -0.2) is 14.6 Å². The van der Waals surface area contributed by atoms with Crippen LogP contribution in [0.1, 0.15) is 6.92 Å². The highest BCUT2D eigenvalue weighted by Gasteiger charge is 2.29. The highest BCUT2D eigenvalue weighted by atomic mass is 16.5. The Morgan fingerprint density at radius 3 is 2.62 bits per heavy atom. The summed E-state index contributed by atoms with van der Waals surface area (Å²) < 4.78 is 5.27. The molecule has 1 heterocycles. The van der Waals surface area contributed by atoms with Crippen LogP contribution in [0.4, 0.5) is 11.4 Å². The molecule has 0 spiro atoms. The van der Waals surface area contributed by atoms with Crippen LogP contribution in [0, 0.1) is 6.57 Å². The standard InChI is InChI=1S/C17H16N4O5/c1-9-14(18-2)16(24)20-17(25)15(9)19-11-6-5-10(21(3)4)7-12(11)26-8-13(22)23/h5-7H,8H2,1,3-4H3,(H,22,23)(H,20,24,25). The fraction of sp³-hybridized carbons (Fsp3) is 0.235. The summed E-state index contributed by atoms with van der Waals surface area (Å²) in [5.74, 6) is -2.51. The van der Waals surface area contributed by atoms with Gasteiger partial charge in [-0.1, -0.05) is 0 Å². The van der Waals surface area contributed by atoms with E-state index in [9.17, 15) is 14.4 Å². The van der Waals surface area contributed by atoms with E-state index in [-0.39, 0.29) is 28.4 Å². The Kier molecular flexibility index (Phi) is 5.37. The van der Waals surface area contributed by atoms with E-state index in [0.717, 1.165) is 5.69 Å². The molecule has 2 rings (SSSR count). The second-order valence-corrected chi connectivity index (χ2v) is 5.56. The number of carbonyl (C=O) groups is 3. The van der Waals surface area contributed by atoms with E-state index < -0.39 is 24.4 Å². The van der Waals surface area contributed by atoms with Crippen LogP contribution < -0.4 is 15.0 Å². The first-order valence-corrected chi connectivity index (χ1v) is 7.43. The Balaban J connectivity index is 2.56. The van der Waals surface area contributed by atoms with Gasteiger partial charge in [-0.3, -0.25) is 14.9 Å². The molecule has 0 saturated carbocycles. The predicted molar refractivity (Wildman–Crippen MR) is 93.4 cm³/mol. The van der Waals surface area contributed by atoms with Crippen molar-refractivity contribution in [1.82, 2.24) is 5.32 Å². The van der Waals surface area contributed by atoms with Gasteiger partial charge in [0.25, 0.3) is 17.5 Å². The van der Waals surface area contributed by atoms with Gasteiger partial charge in [0, 0.05) is 25.8 Å². The third kappa shape index (κ3) is 3.87. The summed E-state index contributed by atoms with van der Waals surface area (Å²) in [6.07, 6.45) is 0. The molecule has 1 aromatic carbocycles. The number of imide groups is 1. The SMILES string of the molecule is [C-]#[N+]C1=C(C)C(=Nc2ccc(N(C)C)cc2OCC(=O)O)C(=O)NC1=O. The van der Waals surface area contributed by atoms with Crippen molar-refractivity contribution in [2.24, 2.45) is 4.99 Å². The summed E-state index contributed by atoms with van der Waals surface area (Å²) in [4.78, 5) is 43.7. The first-order valence-electron chi connectivity index (χ1n) is 7.43. The molecule has 0 bridgehead atoms. The molecule has 26 heavy (non-hydrogen) atoms. The first kappa shape index (κ1) is 18.7. The topological polar surface area (TPSA) is 113 Å². The fourth-order valence-electron chi connectivity index (χ4n) is 2.19.